The van der Waals surface area contributed by atoms with Gasteiger partial charge in [0.25, 0.3) is 0 Å². The fourth-order valence-electron chi connectivity index (χ4n) is 15.3. The lowest BCUT2D eigenvalue weighted by molar-refractivity contribution is -0.311. The van der Waals surface area contributed by atoms with Gasteiger partial charge in [-0.05, 0) is 205 Å². The van der Waals surface area contributed by atoms with Crippen molar-refractivity contribution in [2.24, 2.45) is 0 Å². The van der Waals surface area contributed by atoms with Crippen molar-refractivity contribution in [2.75, 3.05) is 34.0 Å². The van der Waals surface area contributed by atoms with Crippen molar-refractivity contribution >= 4 is 29.8 Å². The number of carbonyl (C=O) groups is 5. The number of carbonyl (C=O) groups excluding carboxylic acids is 5. The fraction of sp³-hybridized carbons (Fsp3) is 0.716. The highest BCUT2D eigenvalue weighted by atomic mass is 16.7. The van der Waals surface area contributed by atoms with Crippen LogP contribution in [-0.2, 0) is 52.6 Å². The zero-order valence-electron chi connectivity index (χ0n) is 64.2. The minimum Gasteiger partial charge on any atom is -0.467 e. The SMILES string of the molecule is CC1(C)CCCC(C)(C)N1OC(COC(=O)c1ccccc1)c1ccccc1.CCCCCCCCON1C(C)(C)CC(OC(=O)CCCCCCCCC(=O)OC2CC(C)(C)N(C)C(C)(C)C2)CC1(C)C.COC(=O)C(COC(=O)c1ccccc1)ON1C(C)(C)CCCC1(C)C. The van der Waals surface area contributed by atoms with Gasteiger partial charge in [-0.25, -0.2) is 14.4 Å². The van der Waals surface area contributed by atoms with Crippen molar-refractivity contribution in [3.05, 3.63) is 108 Å². The van der Waals surface area contributed by atoms with Crippen molar-refractivity contribution < 1.29 is 62.2 Å². The van der Waals surface area contributed by atoms with Gasteiger partial charge in [0, 0.05) is 82.8 Å². The van der Waals surface area contributed by atoms with Crippen LogP contribution >= 0.6 is 0 Å². The van der Waals surface area contributed by atoms with E-state index in [0.29, 0.717) is 24.0 Å². The maximum atomic E-state index is 12.7. The van der Waals surface area contributed by atoms with Crippen LogP contribution in [0.1, 0.15) is 304 Å². The Hall–Kier alpha value is -5.27. The van der Waals surface area contributed by atoms with Crippen LogP contribution in [-0.4, -0.2) is 147 Å². The van der Waals surface area contributed by atoms with Gasteiger partial charge in [-0.3, -0.25) is 29.0 Å². The number of methoxy groups -OCH3 is 1. The van der Waals surface area contributed by atoms with E-state index in [0.717, 1.165) is 115 Å². The second-order valence-electron chi connectivity index (χ2n) is 33.0. The maximum Gasteiger partial charge on any atom is 0.340 e. The first-order valence-electron chi connectivity index (χ1n) is 37.0. The lowest BCUT2D eigenvalue weighted by atomic mass is 9.79. The van der Waals surface area contributed by atoms with Crippen LogP contribution in [0.2, 0.25) is 0 Å². The molecular weight excluding hydrogens is 1240 g/mol. The van der Waals surface area contributed by atoms with Crippen LogP contribution in [0.15, 0.2) is 91.0 Å². The zero-order chi connectivity index (χ0) is 72.6. The Balaban J connectivity index is 0.000000278. The number of benzene rings is 3. The molecule has 4 fully saturated rings. The molecule has 0 spiro atoms. The number of esters is 5. The number of likely N-dealkylation sites (tertiary alicyclic amines) is 1. The molecule has 98 heavy (non-hydrogen) atoms. The van der Waals surface area contributed by atoms with Crippen molar-refractivity contribution in [1.82, 2.24) is 20.1 Å². The van der Waals surface area contributed by atoms with Gasteiger partial charge >= 0.3 is 29.8 Å². The van der Waals surface area contributed by atoms with E-state index < -0.39 is 18.0 Å². The second-order valence-corrected chi connectivity index (χ2v) is 33.0. The average Bonchev–Trinajstić information content (AvgIpc) is 0.801. The molecule has 552 valence electrons. The first-order chi connectivity index (χ1) is 46.0. The molecule has 4 heterocycles. The van der Waals surface area contributed by atoms with Gasteiger partial charge in [-0.15, -0.1) is 0 Å². The Labute approximate surface area is 591 Å². The number of hydrogen-bond acceptors (Lipinski definition) is 17. The highest BCUT2D eigenvalue weighted by Gasteiger charge is 2.50. The van der Waals surface area contributed by atoms with E-state index in [1.807, 2.05) is 59.7 Å². The summed E-state index contributed by atoms with van der Waals surface area (Å²) in [6.45, 7) is 37.9. The largest absolute Gasteiger partial charge is 0.467 e. The lowest BCUT2D eigenvalue weighted by Gasteiger charge is -2.53. The molecule has 0 N–H and O–H groups in total. The molecule has 17 nitrogen and oxygen atoms in total. The number of nitrogens with zero attached hydrogens (tertiary/aromatic N) is 4. The molecule has 4 saturated heterocycles. The third-order valence-corrected chi connectivity index (χ3v) is 20.4. The monoisotopic (exact) mass is 1370 g/mol. The van der Waals surface area contributed by atoms with Gasteiger partial charge in [-0.2, -0.15) is 15.2 Å². The zero-order valence-corrected chi connectivity index (χ0v) is 64.2. The predicted octanol–water partition coefficient (Wildman–Crippen LogP) is 18.1. The summed E-state index contributed by atoms with van der Waals surface area (Å²) in [4.78, 5) is 83.3. The summed E-state index contributed by atoms with van der Waals surface area (Å²) >= 11 is 0. The summed E-state index contributed by atoms with van der Waals surface area (Å²) in [6.07, 6.45) is 22.6. The van der Waals surface area contributed by atoms with Gasteiger partial charge in [0.2, 0.25) is 6.10 Å². The van der Waals surface area contributed by atoms with Crippen LogP contribution in [0, 0.1) is 0 Å². The summed E-state index contributed by atoms with van der Waals surface area (Å²) in [6, 6.07) is 27.7. The second kappa shape index (κ2) is 38.1. The number of hydrogen-bond donors (Lipinski definition) is 0. The van der Waals surface area contributed by atoms with Crippen LogP contribution in [0.3, 0.4) is 0 Å². The van der Waals surface area contributed by atoms with E-state index in [1.165, 1.54) is 45.6 Å². The molecule has 0 aromatic heterocycles. The summed E-state index contributed by atoms with van der Waals surface area (Å²) in [5, 5.41) is 6.16. The number of piperidine rings is 4. The molecule has 2 unspecified atom stereocenters. The van der Waals surface area contributed by atoms with Crippen molar-refractivity contribution in [1.29, 1.82) is 0 Å². The Morgan fingerprint density at radius 1 is 0.439 bits per heavy atom. The summed E-state index contributed by atoms with van der Waals surface area (Å²) in [5.41, 5.74) is 0.981. The normalized spacial score (nSPS) is 20.9. The summed E-state index contributed by atoms with van der Waals surface area (Å²) in [7, 11) is 3.46. The standard InChI is InChI=1S/C37H70N2O5.C24H31NO3.C20H29NO5/c1-11-12-13-14-19-22-25-42-39-36(6,7)28-31(29-37(39,8)9)44-33(41)24-21-18-16-15-17-20-23-32(40)43-30-26-34(2,3)38(10)35(4,5)27-30;1-23(2)16-11-17-24(3,4)25(23)28-21(19-12-7-5-8-13-19)18-27-22(26)20-14-9-6-10-15-20;1-19(2)12-9-13-20(3,4)21(19)26-16(18(23)24-5)14-25-17(22)15-10-7-6-8-11-15/h30-31H,11-29H2,1-10H3;5-10,12-15,21H,11,16-18H2,1-4H3;6-8,10-11,16H,9,12-14H2,1-5H3. The molecule has 4 aliphatic heterocycles. The minimum atomic E-state index is -1.01. The number of ether oxygens (including phenoxy) is 5. The first kappa shape index (κ1) is 83.4. The van der Waals surface area contributed by atoms with Crippen LogP contribution in [0.5, 0.6) is 0 Å². The summed E-state index contributed by atoms with van der Waals surface area (Å²) < 4.78 is 27.6. The third kappa shape index (κ3) is 26.3. The number of unbranched alkanes of at least 4 members (excludes halogenated alkanes) is 10. The van der Waals surface area contributed by atoms with Gasteiger partial charge in [0.05, 0.1) is 24.8 Å². The van der Waals surface area contributed by atoms with E-state index in [-0.39, 0.29) is 93.7 Å². The van der Waals surface area contributed by atoms with E-state index >= 15 is 0 Å². The Kier molecular flexibility index (Phi) is 32.4. The van der Waals surface area contributed by atoms with Gasteiger partial charge in [0.1, 0.15) is 31.5 Å². The number of rotatable bonds is 31. The average molecular weight is 1370 g/mol. The van der Waals surface area contributed by atoms with Crippen LogP contribution in [0.25, 0.3) is 0 Å². The Morgan fingerprint density at radius 2 is 0.806 bits per heavy atom. The Morgan fingerprint density at radius 3 is 1.22 bits per heavy atom. The van der Waals surface area contributed by atoms with Gasteiger partial charge < -0.3 is 23.7 Å². The smallest absolute Gasteiger partial charge is 0.340 e. The Bertz CT molecular complexity index is 2810. The van der Waals surface area contributed by atoms with E-state index in [1.54, 1.807) is 36.4 Å². The third-order valence-electron chi connectivity index (χ3n) is 20.4. The van der Waals surface area contributed by atoms with Crippen LogP contribution in [0.4, 0.5) is 0 Å². The highest BCUT2D eigenvalue weighted by Crippen LogP contribution is 2.44. The predicted molar refractivity (Wildman–Crippen MR) is 389 cm³/mol. The molecule has 0 amide bonds. The molecule has 2 atom stereocenters. The minimum absolute atomic E-state index is 0.00335. The molecule has 3 aromatic rings. The molecule has 0 bridgehead atoms. The molecule has 4 aliphatic rings. The van der Waals surface area contributed by atoms with E-state index in [2.05, 4.69) is 140 Å². The topological polar surface area (TPSA) is 172 Å². The number of hydroxylamine groups is 6. The van der Waals surface area contributed by atoms with Crippen molar-refractivity contribution in [3.63, 3.8) is 0 Å². The molecule has 7 rings (SSSR count). The van der Waals surface area contributed by atoms with Gasteiger partial charge in [0.15, 0.2) is 0 Å². The maximum absolute atomic E-state index is 12.7. The molecule has 0 radical (unpaired) electrons. The molecular formula is C81H130N4O13. The lowest BCUT2D eigenvalue weighted by Crippen LogP contribution is -2.62. The fourth-order valence-corrected chi connectivity index (χ4v) is 15.3. The van der Waals surface area contributed by atoms with Crippen LogP contribution < -0.4 is 0 Å². The van der Waals surface area contributed by atoms with E-state index in [4.69, 9.17) is 38.2 Å². The molecule has 0 saturated carbocycles. The van der Waals surface area contributed by atoms with Crippen molar-refractivity contribution in [3.8, 4) is 0 Å². The summed E-state index contributed by atoms with van der Waals surface area (Å²) in [5.74, 6) is -1.54. The quantitative estimate of drug-likeness (QED) is 0.0338. The molecule has 3 aromatic carbocycles. The van der Waals surface area contributed by atoms with Crippen molar-refractivity contribution in [2.45, 2.75) is 341 Å². The molecule has 0 aliphatic carbocycles. The molecule has 17 heteroatoms. The first-order valence-corrected chi connectivity index (χ1v) is 37.0. The van der Waals surface area contributed by atoms with Gasteiger partial charge in [-0.1, -0.05) is 131 Å². The highest BCUT2D eigenvalue weighted by molar-refractivity contribution is 5.90. The van der Waals surface area contributed by atoms with E-state index in [9.17, 15) is 24.0 Å².